The number of benzene rings is 1. The van der Waals surface area contributed by atoms with Crippen molar-refractivity contribution in [2.75, 3.05) is 19.9 Å². The van der Waals surface area contributed by atoms with Crippen LogP contribution in [0.4, 0.5) is 0 Å². The lowest BCUT2D eigenvalue weighted by atomic mass is 9.91. The van der Waals surface area contributed by atoms with Gasteiger partial charge < -0.3 is 9.16 Å². The van der Waals surface area contributed by atoms with Gasteiger partial charge in [-0.3, -0.25) is 5.32 Å². The average molecular weight is 376 g/mol. The van der Waals surface area contributed by atoms with E-state index in [1.807, 2.05) is 18.2 Å². The Hall–Kier alpha value is -0.103. The van der Waals surface area contributed by atoms with Gasteiger partial charge in [0.1, 0.15) is 5.60 Å². The molecule has 6 heteroatoms. The van der Waals surface area contributed by atoms with Crippen LogP contribution in [-0.2, 0) is 14.8 Å². The lowest BCUT2D eigenvalue weighted by Gasteiger charge is -2.37. The number of halogens is 2. The predicted molar refractivity (Wildman–Crippen MR) is 99.9 cm³/mol. The Morgan fingerprint density at radius 1 is 1.26 bits per heavy atom. The summed E-state index contributed by atoms with van der Waals surface area (Å²) in [6, 6.07) is 5.73. The topological polar surface area (TPSA) is 30.5 Å². The van der Waals surface area contributed by atoms with Crippen LogP contribution >= 0.6 is 23.2 Å². The molecule has 3 nitrogen and oxygen atoms in total. The van der Waals surface area contributed by atoms with E-state index in [0.717, 1.165) is 18.5 Å². The third-order valence-electron chi connectivity index (χ3n) is 5.08. The second kappa shape index (κ2) is 7.02. The Kier molecular flexibility index (Phi) is 5.87. The molecule has 1 N–H and O–H groups in total. The standard InChI is InChI=1S/C17H27Cl2NO2Si/c1-16(2,3)23(4,5)22-9-8-17(11-20-12-21-17)13-6-7-14(18)15(19)10-13/h6-7,10,20H,8-9,11-12H2,1-5H3/t17-/m0/s1. The first-order chi connectivity index (χ1) is 10.6. The smallest absolute Gasteiger partial charge is 0.191 e. The van der Waals surface area contributed by atoms with E-state index in [1.165, 1.54) is 0 Å². The molecule has 1 aliphatic heterocycles. The molecular formula is C17H27Cl2NO2Si. The zero-order valence-corrected chi connectivity index (χ0v) is 17.1. The van der Waals surface area contributed by atoms with E-state index in [2.05, 4.69) is 39.2 Å². The van der Waals surface area contributed by atoms with Crippen LogP contribution in [0.2, 0.25) is 28.2 Å². The van der Waals surface area contributed by atoms with Crippen LogP contribution in [0.1, 0.15) is 32.8 Å². The summed E-state index contributed by atoms with van der Waals surface area (Å²) in [5.41, 5.74) is 0.659. The maximum atomic E-state index is 6.33. The van der Waals surface area contributed by atoms with E-state index in [4.69, 9.17) is 32.4 Å². The molecule has 1 saturated heterocycles. The van der Waals surface area contributed by atoms with Crippen LogP contribution in [0.25, 0.3) is 0 Å². The first-order valence-electron chi connectivity index (χ1n) is 8.02. The molecule has 1 fully saturated rings. The van der Waals surface area contributed by atoms with Crippen LogP contribution in [0, 0.1) is 0 Å². The summed E-state index contributed by atoms with van der Waals surface area (Å²) in [7, 11) is -1.75. The van der Waals surface area contributed by atoms with Gasteiger partial charge in [-0.1, -0.05) is 50.0 Å². The number of ether oxygens (including phenoxy) is 1. The van der Waals surface area contributed by atoms with Gasteiger partial charge in [0.15, 0.2) is 8.32 Å². The molecule has 1 heterocycles. The van der Waals surface area contributed by atoms with Gasteiger partial charge in [-0.2, -0.15) is 0 Å². The Morgan fingerprint density at radius 3 is 2.48 bits per heavy atom. The Balaban J connectivity index is 2.11. The van der Waals surface area contributed by atoms with Gasteiger partial charge in [0.25, 0.3) is 0 Å². The summed E-state index contributed by atoms with van der Waals surface area (Å²) in [5.74, 6) is 0. The molecule has 23 heavy (non-hydrogen) atoms. The number of rotatable bonds is 5. The van der Waals surface area contributed by atoms with Gasteiger partial charge in [0.2, 0.25) is 0 Å². The summed E-state index contributed by atoms with van der Waals surface area (Å²) >= 11 is 12.2. The van der Waals surface area contributed by atoms with E-state index < -0.39 is 13.9 Å². The lowest BCUT2D eigenvalue weighted by molar-refractivity contribution is -0.0103. The fraction of sp³-hybridized carbons (Fsp3) is 0.647. The minimum absolute atomic E-state index is 0.207. The van der Waals surface area contributed by atoms with Crippen molar-refractivity contribution in [3.63, 3.8) is 0 Å². The molecule has 0 spiro atoms. The summed E-state index contributed by atoms with van der Waals surface area (Å²) in [4.78, 5) is 0. The molecule has 1 atom stereocenters. The molecule has 0 amide bonds. The lowest BCUT2D eigenvalue weighted by Crippen LogP contribution is -2.42. The highest BCUT2D eigenvalue weighted by Gasteiger charge is 2.40. The summed E-state index contributed by atoms with van der Waals surface area (Å²) in [6.07, 6.45) is 0.796. The fourth-order valence-corrected chi connectivity index (χ4v) is 3.79. The molecule has 0 bridgehead atoms. The van der Waals surface area contributed by atoms with Crippen LogP contribution in [0.5, 0.6) is 0 Å². The normalized spacial score (nSPS) is 22.6. The van der Waals surface area contributed by atoms with Crippen LogP contribution < -0.4 is 5.32 Å². The fourth-order valence-electron chi connectivity index (χ4n) is 2.45. The monoisotopic (exact) mass is 375 g/mol. The highest BCUT2D eigenvalue weighted by atomic mass is 35.5. The summed E-state index contributed by atoms with van der Waals surface area (Å²) < 4.78 is 12.4. The van der Waals surface area contributed by atoms with E-state index >= 15 is 0 Å². The van der Waals surface area contributed by atoms with Gasteiger partial charge in [-0.15, -0.1) is 0 Å². The summed E-state index contributed by atoms with van der Waals surface area (Å²) in [6.45, 7) is 13.3. The van der Waals surface area contributed by atoms with Crippen molar-refractivity contribution in [2.45, 2.75) is 50.9 Å². The predicted octanol–water partition coefficient (Wildman–Crippen LogP) is 5.18. The maximum absolute atomic E-state index is 6.33. The van der Waals surface area contributed by atoms with Gasteiger partial charge in [-0.05, 0) is 35.8 Å². The van der Waals surface area contributed by atoms with Crippen LogP contribution in [-0.4, -0.2) is 28.2 Å². The Morgan fingerprint density at radius 2 is 1.96 bits per heavy atom. The van der Waals surface area contributed by atoms with Crippen LogP contribution in [0.15, 0.2) is 18.2 Å². The second-order valence-electron chi connectivity index (χ2n) is 7.70. The average Bonchev–Trinajstić information content (AvgIpc) is 2.90. The highest BCUT2D eigenvalue weighted by molar-refractivity contribution is 6.74. The molecule has 0 aliphatic carbocycles. The highest BCUT2D eigenvalue weighted by Crippen LogP contribution is 2.39. The van der Waals surface area contributed by atoms with Crippen molar-refractivity contribution in [1.82, 2.24) is 5.32 Å². The van der Waals surface area contributed by atoms with Gasteiger partial charge in [0.05, 0.1) is 16.8 Å². The van der Waals surface area contributed by atoms with Crippen molar-refractivity contribution < 1.29 is 9.16 Å². The molecule has 1 aliphatic rings. The number of hydrogen-bond donors (Lipinski definition) is 1. The molecule has 0 aromatic heterocycles. The van der Waals surface area contributed by atoms with Crippen LogP contribution in [0.3, 0.4) is 0 Å². The molecule has 130 valence electrons. The zero-order valence-electron chi connectivity index (χ0n) is 14.6. The minimum Gasteiger partial charge on any atom is -0.417 e. The molecule has 0 saturated carbocycles. The Bertz CT molecular complexity index is 552. The maximum Gasteiger partial charge on any atom is 0.191 e. The van der Waals surface area contributed by atoms with Gasteiger partial charge in [0, 0.05) is 19.6 Å². The summed E-state index contributed by atoms with van der Waals surface area (Å²) in [5, 5.41) is 4.61. The Labute approximate surface area is 150 Å². The molecule has 1 aromatic carbocycles. The largest absolute Gasteiger partial charge is 0.417 e. The number of hydrogen-bond acceptors (Lipinski definition) is 3. The third-order valence-corrected chi connectivity index (χ3v) is 10.4. The molecule has 0 unspecified atom stereocenters. The van der Waals surface area contributed by atoms with E-state index in [9.17, 15) is 0 Å². The van der Waals surface area contributed by atoms with E-state index in [1.54, 1.807) is 0 Å². The molecule has 0 radical (unpaired) electrons. The van der Waals surface area contributed by atoms with Crippen molar-refractivity contribution in [3.05, 3.63) is 33.8 Å². The van der Waals surface area contributed by atoms with Gasteiger partial charge in [-0.25, -0.2) is 0 Å². The first kappa shape index (κ1) is 19.2. The minimum atomic E-state index is -1.75. The van der Waals surface area contributed by atoms with E-state index in [0.29, 0.717) is 23.4 Å². The third kappa shape index (κ3) is 4.30. The number of nitrogens with one attached hydrogen (secondary N) is 1. The molecular weight excluding hydrogens is 349 g/mol. The van der Waals surface area contributed by atoms with E-state index in [-0.39, 0.29) is 5.04 Å². The SMILES string of the molecule is CC(C)(C)[Si](C)(C)OCC[C@@]1(c2ccc(Cl)c(Cl)c2)CNCO1. The zero-order chi connectivity index (χ0) is 17.3. The second-order valence-corrected chi connectivity index (χ2v) is 13.3. The van der Waals surface area contributed by atoms with Crippen molar-refractivity contribution in [1.29, 1.82) is 0 Å². The van der Waals surface area contributed by atoms with Crippen molar-refractivity contribution >= 4 is 31.5 Å². The van der Waals surface area contributed by atoms with Crippen molar-refractivity contribution in [2.24, 2.45) is 0 Å². The molecule has 2 rings (SSSR count). The first-order valence-corrected chi connectivity index (χ1v) is 11.7. The van der Waals surface area contributed by atoms with Crippen molar-refractivity contribution in [3.8, 4) is 0 Å². The molecule has 1 aromatic rings. The quantitative estimate of drug-likeness (QED) is 0.719. The van der Waals surface area contributed by atoms with Gasteiger partial charge >= 0.3 is 0 Å².